The normalized spacial score (nSPS) is 15.3. The van der Waals surface area contributed by atoms with Crippen LogP contribution < -0.4 is 4.74 Å². The quantitative estimate of drug-likeness (QED) is 0.715. The summed E-state index contributed by atoms with van der Waals surface area (Å²) in [6.45, 7) is 2.12. The maximum absolute atomic E-state index is 11.9. The molecule has 0 saturated carbocycles. The van der Waals surface area contributed by atoms with Crippen LogP contribution in [0.2, 0.25) is 0 Å². The van der Waals surface area contributed by atoms with E-state index in [4.69, 9.17) is 9.47 Å². The Morgan fingerprint density at radius 1 is 1.43 bits per heavy atom. The third kappa shape index (κ3) is 4.51. The number of nitrogens with zero attached hydrogens (tertiary/aromatic N) is 3. The molecule has 0 aliphatic carbocycles. The van der Waals surface area contributed by atoms with Gasteiger partial charge >= 0.3 is 5.97 Å². The molecular weight excluding hydrogens is 298 g/mol. The van der Waals surface area contributed by atoms with Gasteiger partial charge in [0.2, 0.25) is 11.8 Å². The Hall–Kier alpha value is -2.44. The zero-order chi connectivity index (χ0) is 16.8. The molecule has 0 fully saturated rings. The van der Waals surface area contributed by atoms with Gasteiger partial charge in [0.15, 0.2) is 0 Å². The Balaban J connectivity index is 2.15. The molecule has 1 aliphatic heterocycles. The summed E-state index contributed by atoms with van der Waals surface area (Å²) in [5, 5.41) is 5.56. The topological polar surface area (TPSA) is 81.1 Å². The van der Waals surface area contributed by atoms with Gasteiger partial charge in [-0.25, -0.2) is 9.99 Å². The van der Waals surface area contributed by atoms with E-state index in [1.807, 2.05) is 6.07 Å². The van der Waals surface area contributed by atoms with E-state index in [0.717, 1.165) is 11.3 Å². The van der Waals surface area contributed by atoms with Crippen LogP contribution in [0.5, 0.6) is 5.88 Å². The van der Waals surface area contributed by atoms with E-state index in [1.165, 1.54) is 5.01 Å². The number of aromatic nitrogens is 1. The fourth-order valence-corrected chi connectivity index (χ4v) is 2.47. The van der Waals surface area contributed by atoms with Gasteiger partial charge in [-0.1, -0.05) is 6.07 Å². The number of carbonyl (C=O) groups is 2. The van der Waals surface area contributed by atoms with E-state index in [1.54, 1.807) is 33.3 Å². The van der Waals surface area contributed by atoms with Crippen molar-refractivity contribution in [2.24, 2.45) is 5.10 Å². The number of amides is 1. The molecule has 1 aromatic heterocycles. The molecule has 1 atom stereocenters. The van der Waals surface area contributed by atoms with Gasteiger partial charge in [-0.3, -0.25) is 9.59 Å². The number of hydrogen-bond acceptors (Lipinski definition) is 6. The van der Waals surface area contributed by atoms with E-state index in [9.17, 15) is 9.59 Å². The van der Waals surface area contributed by atoms with Gasteiger partial charge in [-0.2, -0.15) is 5.10 Å². The lowest BCUT2D eigenvalue weighted by Gasteiger charge is -2.16. The van der Waals surface area contributed by atoms with Crippen LogP contribution in [0.3, 0.4) is 0 Å². The zero-order valence-electron chi connectivity index (χ0n) is 13.6. The first-order valence-electron chi connectivity index (χ1n) is 7.52. The first-order chi connectivity index (χ1) is 11.0. The molecule has 2 heterocycles. The molecule has 1 unspecified atom stereocenters. The summed E-state index contributed by atoms with van der Waals surface area (Å²) in [4.78, 5) is 27.7. The number of hydrogen-bond donors (Lipinski definition) is 0. The van der Waals surface area contributed by atoms with Crippen LogP contribution in [-0.2, 0) is 14.3 Å². The molecule has 0 spiro atoms. The van der Waals surface area contributed by atoms with Crippen molar-refractivity contribution in [3.8, 4) is 5.88 Å². The minimum atomic E-state index is -0.272. The third-order valence-corrected chi connectivity index (χ3v) is 3.65. The van der Waals surface area contributed by atoms with E-state index in [-0.39, 0.29) is 24.2 Å². The standard InChI is InChI=1S/C16H21N3O4/c1-4-23-16(21)8-12(7-13-9-15(20)19(2)18-13)11-5-6-14(22-3)17-10-11/h5-6,10,12H,4,7-9H2,1-3H3. The van der Waals surface area contributed by atoms with Crippen molar-refractivity contribution < 1.29 is 19.1 Å². The van der Waals surface area contributed by atoms with Crippen molar-refractivity contribution in [2.75, 3.05) is 20.8 Å². The van der Waals surface area contributed by atoms with E-state index >= 15 is 0 Å². The number of ether oxygens (including phenoxy) is 2. The van der Waals surface area contributed by atoms with E-state index in [0.29, 0.717) is 25.3 Å². The maximum Gasteiger partial charge on any atom is 0.306 e. The average molecular weight is 319 g/mol. The first-order valence-corrected chi connectivity index (χ1v) is 7.52. The number of methoxy groups -OCH3 is 1. The molecule has 0 radical (unpaired) electrons. The third-order valence-electron chi connectivity index (χ3n) is 3.65. The molecular formula is C16H21N3O4. The molecule has 1 amide bonds. The largest absolute Gasteiger partial charge is 0.481 e. The van der Waals surface area contributed by atoms with Gasteiger partial charge in [0, 0.05) is 30.9 Å². The Morgan fingerprint density at radius 3 is 2.74 bits per heavy atom. The van der Waals surface area contributed by atoms with Crippen LogP contribution in [0, 0.1) is 0 Å². The lowest BCUT2D eigenvalue weighted by molar-refractivity contribution is -0.143. The van der Waals surface area contributed by atoms with Gasteiger partial charge in [0.1, 0.15) is 0 Å². The highest BCUT2D eigenvalue weighted by atomic mass is 16.5. The Bertz CT molecular complexity index is 598. The summed E-state index contributed by atoms with van der Waals surface area (Å²) in [7, 11) is 3.18. The summed E-state index contributed by atoms with van der Waals surface area (Å²) >= 11 is 0. The summed E-state index contributed by atoms with van der Waals surface area (Å²) in [6, 6.07) is 3.62. The fraction of sp³-hybridized carbons (Fsp3) is 0.500. The highest BCUT2D eigenvalue weighted by Gasteiger charge is 2.26. The van der Waals surface area contributed by atoms with Crippen molar-refractivity contribution in [2.45, 2.75) is 32.1 Å². The molecule has 1 aromatic rings. The molecule has 1 aliphatic rings. The molecule has 0 aromatic carbocycles. The number of esters is 1. The van der Waals surface area contributed by atoms with E-state index in [2.05, 4.69) is 10.1 Å². The van der Waals surface area contributed by atoms with Crippen LogP contribution >= 0.6 is 0 Å². The molecule has 23 heavy (non-hydrogen) atoms. The second-order valence-corrected chi connectivity index (χ2v) is 5.30. The van der Waals surface area contributed by atoms with Crippen molar-refractivity contribution in [3.05, 3.63) is 23.9 Å². The van der Waals surface area contributed by atoms with Crippen LogP contribution in [0.15, 0.2) is 23.4 Å². The molecule has 0 N–H and O–H groups in total. The molecule has 0 bridgehead atoms. The lowest BCUT2D eigenvalue weighted by atomic mass is 9.91. The van der Waals surface area contributed by atoms with Gasteiger partial charge < -0.3 is 9.47 Å². The Kier molecular flexibility index (Phi) is 5.67. The average Bonchev–Trinajstić information content (AvgIpc) is 2.85. The molecule has 124 valence electrons. The Morgan fingerprint density at radius 2 is 2.22 bits per heavy atom. The molecule has 2 rings (SSSR count). The van der Waals surface area contributed by atoms with E-state index < -0.39 is 0 Å². The summed E-state index contributed by atoms with van der Waals surface area (Å²) in [6.07, 6.45) is 2.71. The van der Waals surface area contributed by atoms with Gasteiger partial charge in [-0.05, 0) is 18.9 Å². The predicted molar refractivity (Wildman–Crippen MR) is 84.2 cm³/mol. The van der Waals surface area contributed by atoms with Crippen molar-refractivity contribution in [1.82, 2.24) is 9.99 Å². The predicted octanol–water partition coefficient (Wildman–Crippen LogP) is 1.74. The van der Waals surface area contributed by atoms with Gasteiger partial charge in [-0.15, -0.1) is 0 Å². The minimum absolute atomic E-state index is 0.0391. The van der Waals surface area contributed by atoms with Crippen LogP contribution in [0.4, 0.5) is 0 Å². The fourth-order valence-electron chi connectivity index (χ4n) is 2.47. The monoisotopic (exact) mass is 319 g/mol. The summed E-state index contributed by atoms with van der Waals surface area (Å²) in [5.74, 6) is 0.0663. The smallest absolute Gasteiger partial charge is 0.306 e. The van der Waals surface area contributed by atoms with Crippen molar-refractivity contribution in [1.29, 1.82) is 0 Å². The number of rotatable bonds is 7. The summed E-state index contributed by atoms with van der Waals surface area (Å²) < 4.78 is 10.1. The number of carbonyl (C=O) groups excluding carboxylic acids is 2. The highest BCUT2D eigenvalue weighted by Crippen LogP contribution is 2.27. The lowest BCUT2D eigenvalue weighted by Crippen LogP contribution is -2.15. The van der Waals surface area contributed by atoms with Crippen molar-refractivity contribution in [3.63, 3.8) is 0 Å². The second-order valence-electron chi connectivity index (χ2n) is 5.30. The minimum Gasteiger partial charge on any atom is -0.481 e. The summed E-state index contributed by atoms with van der Waals surface area (Å²) in [5.41, 5.74) is 1.66. The number of hydrazone groups is 1. The van der Waals surface area contributed by atoms with Crippen LogP contribution in [-0.4, -0.2) is 48.3 Å². The van der Waals surface area contributed by atoms with Crippen molar-refractivity contribution >= 4 is 17.6 Å². The molecule has 0 saturated heterocycles. The van der Waals surface area contributed by atoms with Gasteiger partial charge in [0.05, 0.1) is 26.6 Å². The Labute approximate surface area is 135 Å². The molecule has 7 nitrogen and oxygen atoms in total. The number of pyridine rings is 1. The second kappa shape index (κ2) is 7.71. The van der Waals surface area contributed by atoms with Crippen LogP contribution in [0.25, 0.3) is 0 Å². The molecule has 7 heteroatoms. The highest BCUT2D eigenvalue weighted by molar-refractivity contribution is 6.05. The first kappa shape index (κ1) is 16.9. The van der Waals surface area contributed by atoms with Gasteiger partial charge in [0.25, 0.3) is 0 Å². The SMILES string of the molecule is CCOC(=O)CC(CC1=NN(C)C(=O)C1)c1ccc(OC)nc1. The van der Waals surface area contributed by atoms with Crippen LogP contribution in [0.1, 0.15) is 37.7 Å². The zero-order valence-corrected chi connectivity index (χ0v) is 13.6. The maximum atomic E-state index is 11.9.